The fourth-order valence-electron chi connectivity index (χ4n) is 2.04. The van der Waals surface area contributed by atoms with Gasteiger partial charge in [-0.3, -0.25) is 0 Å². The van der Waals surface area contributed by atoms with Crippen LogP contribution >= 0.6 is 0 Å². The Morgan fingerprint density at radius 3 is 2.12 bits per heavy atom. The van der Waals surface area contributed by atoms with Crippen LogP contribution in [0.15, 0.2) is 48.5 Å². The highest BCUT2D eigenvalue weighted by Crippen LogP contribution is 2.09. The monoisotopic (exact) mass is 347 g/mol. The molecule has 0 unspecified atom stereocenters. The molecule has 0 saturated carbocycles. The number of aryl methyl sites for hydroxylation is 1. The second-order valence-electron chi connectivity index (χ2n) is 5.45. The van der Waals surface area contributed by atoms with Gasteiger partial charge in [0, 0.05) is 12.2 Å². The summed E-state index contributed by atoms with van der Waals surface area (Å²) in [5.41, 5.74) is 3.43. The van der Waals surface area contributed by atoms with Crippen molar-refractivity contribution < 1.29 is 13.2 Å². The quantitative estimate of drug-likeness (QED) is 0.750. The molecule has 24 heavy (non-hydrogen) atoms. The van der Waals surface area contributed by atoms with Crippen LogP contribution in [0.4, 0.5) is 10.5 Å². The molecule has 2 rings (SSSR count). The second-order valence-corrected chi connectivity index (χ2v) is 7.38. The summed E-state index contributed by atoms with van der Waals surface area (Å²) in [4.78, 5) is 11.9. The number of urea groups is 1. The third kappa shape index (κ3) is 5.68. The Labute approximate surface area is 142 Å². The minimum Gasteiger partial charge on any atom is -0.334 e. The van der Waals surface area contributed by atoms with Gasteiger partial charge in [-0.15, -0.1) is 0 Å². The molecule has 0 aliphatic heterocycles. The van der Waals surface area contributed by atoms with Gasteiger partial charge in [-0.25, -0.2) is 17.9 Å². The molecule has 0 saturated heterocycles. The van der Waals surface area contributed by atoms with Crippen LogP contribution in [-0.2, 0) is 22.3 Å². The van der Waals surface area contributed by atoms with Gasteiger partial charge < -0.3 is 10.6 Å². The van der Waals surface area contributed by atoms with Crippen molar-refractivity contribution in [2.24, 2.45) is 0 Å². The third-order valence-corrected chi connectivity index (χ3v) is 4.79. The first-order valence-corrected chi connectivity index (χ1v) is 9.14. The lowest BCUT2D eigenvalue weighted by Crippen LogP contribution is -2.28. The predicted octanol–water partition coefficient (Wildman–Crippen LogP) is 2.37. The van der Waals surface area contributed by atoms with Gasteiger partial charge in [0.25, 0.3) is 0 Å². The van der Waals surface area contributed by atoms with Gasteiger partial charge in [0.1, 0.15) is 0 Å². The second kappa shape index (κ2) is 7.94. The Bertz CT molecular complexity index is 785. The molecule has 128 valence electrons. The fourth-order valence-corrected chi connectivity index (χ4v) is 2.82. The minimum atomic E-state index is -3.28. The van der Waals surface area contributed by atoms with Crippen LogP contribution in [0.1, 0.15) is 16.7 Å². The Morgan fingerprint density at radius 1 is 0.958 bits per heavy atom. The molecule has 0 fully saturated rings. The average molecular weight is 347 g/mol. The Balaban J connectivity index is 1.85. The molecule has 6 nitrogen and oxygen atoms in total. The van der Waals surface area contributed by atoms with E-state index in [1.807, 2.05) is 31.2 Å². The number of hydrogen-bond acceptors (Lipinski definition) is 3. The van der Waals surface area contributed by atoms with E-state index in [-0.39, 0.29) is 11.8 Å². The first-order valence-electron chi connectivity index (χ1n) is 7.48. The number of carbonyl (C=O) groups is 1. The van der Waals surface area contributed by atoms with E-state index < -0.39 is 10.0 Å². The summed E-state index contributed by atoms with van der Waals surface area (Å²) in [6.07, 6.45) is 0. The van der Waals surface area contributed by atoms with E-state index in [9.17, 15) is 13.2 Å². The zero-order valence-electron chi connectivity index (χ0n) is 13.7. The topological polar surface area (TPSA) is 87.3 Å². The number of amides is 2. The zero-order valence-corrected chi connectivity index (χ0v) is 14.5. The van der Waals surface area contributed by atoms with Crippen LogP contribution in [0.5, 0.6) is 0 Å². The van der Waals surface area contributed by atoms with Crippen molar-refractivity contribution in [2.45, 2.75) is 19.2 Å². The van der Waals surface area contributed by atoms with Crippen molar-refractivity contribution in [2.75, 3.05) is 12.4 Å². The summed E-state index contributed by atoms with van der Waals surface area (Å²) in [6.45, 7) is 2.34. The molecule has 0 aromatic heterocycles. The Kier molecular flexibility index (Phi) is 5.94. The van der Waals surface area contributed by atoms with Crippen LogP contribution in [0.25, 0.3) is 0 Å². The lowest BCUT2D eigenvalue weighted by atomic mass is 10.1. The maximum Gasteiger partial charge on any atom is 0.319 e. The number of sulfonamides is 1. The molecule has 3 N–H and O–H groups in total. The third-order valence-electron chi connectivity index (χ3n) is 3.45. The van der Waals surface area contributed by atoms with E-state index in [1.54, 1.807) is 24.3 Å². The summed E-state index contributed by atoms with van der Waals surface area (Å²) in [5.74, 6) is -0.0644. The van der Waals surface area contributed by atoms with E-state index >= 15 is 0 Å². The smallest absolute Gasteiger partial charge is 0.319 e. The molecule has 0 spiro atoms. The maximum absolute atomic E-state index is 11.9. The number of nitrogens with one attached hydrogen (secondary N) is 3. The molecule has 0 radical (unpaired) electrons. The molecule has 0 bridgehead atoms. The number of anilines is 1. The molecule has 2 amide bonds. The van der Waals surface area contributed by atoms with Gasteiger partial charge in [0.15, 0.2) is 0 Å². The van der Waals surface area contributed by atoms with Crippen LogP contribution in [0.2, 0.25) is 0 Å². The summed E-state index contributed by atoms with van der Waals surface area (Å²) < 4.78 is 25.3. The van der Waals surface area contributed by atoms with Crippen LogP contribution in [0.3, 0.4) is 0 Å². The van der Waals surface area contributed by atoms with E-state index in [1.165, 1.54) is 7.05 Å². The molecule has 0 atom stereocenters. The largest absolute Gasteiger partial charge is 0.334 e. The lowest BCUT2D eigenvalue weighted by molar-refractivity contribution is 0.251. The van der Waals surface area contributed by atoms with Gasteiger partial charge in [0.05, 0.1) is 5.75 Å². The molecule has 7 heteroatoms. The minimum absolute atomic E-state index is 0.0644. The summed E-state index contributed by atoms with van der Waals surface area (Å²) in [5, 5.41) is 5.51. The number of carbonyl (C=O) groups excluding carboxylic acids is 1. The van der Waals surface area contributed by atoms with Crippen LogP contribution in [-0.4, -0.2) is 21.5 Å². The lowest BCUT2D eigenvalue weighted by Gasteiger charge is -2.09. The van der Waals surface area contributed by atoms with Crippen LogP contribution < -0.4 is 15.4 Å². The SMILES string of the molecule is CNS(=O)(=O)Cc1ccc(CNC(=O)Nc2ccc(C)cc2)cc1. The van der Waals surface area contributed by atoms with Crippen molar-refractivity contribution >= 4 is 21.7 Å². The molecule has 0 aliphatic rings. The van der Waals surface area contributed by atoms with Crippen molar-refractivity contribution in [3.63, 3.8) is 0 Å². The highest BCUT2D eigenvalue weighted by molar-refractivity contribution is 7.88. The van der Waals surface area contributed by atoms with Crippen molar-refractivity contribution in [3.05, 3.63) is 65.2 Å². The van der Waals surface area contributed by atoms with Gasteiger partial charge in [-0.05, 0) is 37.2 Å². The number of rotatable bonds is 6. The highest BCUT2D eigenvalue weighted by Gasteiger charge is 2.08. The summed E-state index contributed by atoms with van der Waals surface area (Å²) >= 11 is 0. The van der Waals surface area contributed by atoms with Crippen LogP contribution in [0, 0.1) is 6.92 Å². The molecule has 2 aromatic rings. The van der Waals surface area contributed by atoms with Crippen molar-refractivity contribution in [1.29, 1.82) is 0 Å². The maximum atomic E-state index is 11.9. The molecular formula is C17H21N3O3S. The normalized spacial score (nSPS) is 11.1. The summed E-state index contributed by atoms with van der Waals surface area (Å²) in [7, 11) is -1.89. The van der Waals surface area contributed by atoms with E-state index in [0.29, 0.717) is 12.1 Å². The molecule has 2 aromatic carbocycles. The standard InChI is InChI=1S/C17H21N3O3S/c1-13-3-9-16(10-4-13)20-17(21)19-11-14-5-7-15(8-6-14)12-24(22,23)18-2/h3-10,18H,11-12H2,1-2H3,(H2,19,20,21). The van der Waals surface area contributed by atoms with Crippen molar-refractivity contribution in [1.82, 2.24) is 10.0 Å². The summed E-state index contributed by atoms with van der Waals surface area (Å²) in [6, 6.07) is 14.3. The van der Waals surface area contributed by atoms with Gasteiger partial charge >= 0.3 is 6.03 Å². The van der Waals surface area contributed by atoms with Gasteiger partial charge in [-0.2, -0.15) is 0 Å². The fraction of sp³-hybridized carbons (Fsp3) is 0.235. The highest BCUT2D eigenvalue weighted by atomic mass is 32.2. The Morgan fingerprint density at radius 2 is 1.54 bits per heavy atom. The van der Waals surface area contributed by atoms with Gasteiger partial charge in [0.2, 0.25) is 10.0 Å². The van der Waals surface area contributed by atoms with E-state index in [0.717, 1.165) is 16.8 Å². The zero-order chi connectivity index (χ0) is 17.6. The first kappa shape index (κ1) is 18.0. The number of hydrogen-bond donors (Lipinski definition) is 3. The number of benzene rings is 2. The predicted molar refractivity (Wildman–Crippen MR) is 95.2 cm³/mol. The first-order chi connectivity index (χ1) is 11.4. The van der Waals surface area contributed by atoms with Gasteiger partial charge in [-0.1, -0.05) is 42.0 Å². The average Bonchev–Trinajstić information content (AvgIpc) is 2.56. The van der Waals surface area contributed by atoms with E-state index in [2.05, 4.69) is 15.4 Å². The molecule has 0 heterocycles. The molecule has 0 aliphatic carbocycles. The van der Waals surface area contributed by atoms with E-state index in [4.69, 9.17) is 0 Å². The Hall–Kier alpha value is -2.38. The molecular weight excluding hydrogens is 326 g/mol. The van der Waals surface area contributed by atoms with Crippen molar-refractivity contribution in [3.8, 4) is 0 Å².